The number of aliphatic carboxylic acids is 2. The largest absolute Gasteiger partial charge is 0.481 e. The van der Waals surface area contributed by atoms with Crippen LogP contribution in [0.4, 0.5) is 0 Å². The van der Waals surface area contributed by atoms with E-state index in [1.165, 1.54) is 40.2 Å². The summed E-state index contributed by atoms with van der Waals surface area (Å²) in [6.45, 7) is 5.70. The predicted octanol–water partition coefficient (Wildman–Crippen LogP) is -5.71. The van der Waals surface area contributed by atoms with Gasteiger partial charge in [0, 0.05) is 31.2 Å². The number of nitrogens with two attached hydrogens (primary N) is 2. The molecule has 1 aromatic carbocycles. The van der Waals surface area contributed by atoms with Crippen molar-refractivity contribution in [2.24, 2.45) is 17.4 Å². The highest BCUT2D eigenvalue weighted by Gasteiger charge is 2.36. The van der Waals surface area contributed by atoms with Crippen molar-refractivity contribution in [3.05, 3.63) is 54.1 Å². The number of aliphatic hydroxyl groups excluding tert-OH is 2. The van der Waals surface area contributed by atoms with Crippen LogP contribution in [-0.4, -0.2) is 163 Å². The third kappa shape index (κ3) is 19.7. The Bertz CT molecular complexity index is 2120. The van der Waals surface area contributed by atoms with E-state index in [0.29, 0.717) is 5.56 Å². The molecule has 0 fully saturated rings. The Morgan fingerprint density at radius 1 is 0.623 bits per heavy atom. The van der Waals surface area contributed by atoms with Crippen molar-refractivity contribution in [1.29, 1.82) is 0 Å². The molecule has 0 spiro atoms. The van der Waals surface area contributed by atoms with Crippen LogP contribution in [0.25, 0.3) is 0 Å². The Kier molecular flexibility index (Phi) is 23.3. The average molecular weight is 975 g/mol. The van der Waals surface area contributed by atoms with E-state index >= 15 is 0 Å². The van der Waals surface area contributed by atoms with Crippen LogP contribution in [0.2, 0.25) is 0 Å². The molecule has 2 aromatic rings. The van der Waals surface area contributed by atoms with Crippen LogP contribution in [0, 0.1) is 5.92 Å². The number of hydrogen-bond donors (Lipinski definition) is 15. The summed E-state index contributed by atoms with van der Waals surface area (Å²) < 4.78 is 0. The van der Waals surface area contributed by atoms with E-state index in [1.807, 2.05) is 0 Å². The maximum atomic E-state index is 14.0. The zero-order valence-corrected chi connectivity index (χ0v) is 38.5. The molecule has 0 saturated carbocycles. The lowest BCUT2D eigenvalue weighted by Crippen LogP contribution is -2.62. The number of nitrogens with zero attached hydrogens (tertiary/aromatic N) is 1. The number of carbonyl (C=O) groups is 11. The lowest BCUT2D eigenvalue weighted by Gasteiger charge is -2.28. The topological polar surface area (TPSA) is 446 Å². The fourth-order valence-electron chi connectivity index (χ4n) is 6.24. The summed E-state index contributed by atoms with van der Waals surface area (Å²) >= 11 is 0. The van der Waals surface area contributed by atoms with E-state index < -0.39 is 157 Å². The molecule has 380 valence electrons. The van der Waals surface area contributed by atoms with Crippen LogP contribution in [0.15, 0.2) is 42.9 Å². The molecule has 10 atom stereocenters. The Balaban J connectivity index is 2.36. The number of amides is 9. The number of primary amides is 1. The molecule has 27 heteroatoms. The zero-order valence-electron chi connectivity index (χ0n) is 38.5. The van der Waals surface area contributed by atoms with Gasteiger partial charge in [-0.1, -0.05) is 44.2 Å². The monoisotopic (exact) mass is 974 g/mol. The first-order valence-electron chi connectivity index (χ1n) is 21.6. The number of carbonyl (C=O) groups excluding carboxylic acids is 9. The average Bonchev–Trinajstić information content (AvgIpc) is 3.79. The molecule has 0 radical (unpaired) electrons. The Hall–Kier alpha value is -7.52. The van der Waals surface area contributed by atoms with Crippen molar-refractivity contribution < 1.29 is 73.2 Å². The number of H-pyrrole nitrogens is 1. The normalized spacial score (nSPS) is 15.4. The van der Waals surface area contributed by atoms with Crippen molar-refractivity contribution in [2.75, 3.05) is 6.61 Å². The molecule has 69 heavy (non-hydrogen) atoms. The minimum Gasteiger partial charge on any atom is -0.481 e. The summed E-state index contributed by atoms with van der Waals surface area (Å²) in [7, 11) is 0. The van der Waals surface area contributed by atoms with Gasteiger partial charge in [-0.05, 0) is 38.7 Å². The fourth-order valence-corrected chi connectivity index (χ4v) is 6.24. The number of aromatic amines is 1. The Labute approximate surface area is 395 Å². The Morgan fingerprint density at radius 2 is 1.13 bits per heavy atom. The van der Waals surface area contributed by atoms with Gasteiger partial charge in [0.05, 0.1) is 31.5 Å². The van der Waals surface area contributed by atoms with Crippen molar-refractivity contribution in [1.82, 2.24) is 52.5 Å². The third-order valence-corrected chi connectivity index (χ3v) is 10.1. The molecule has 17 N–H and O–H groups in total. The summed E-state index contributed by atoms with van der Waals surface area (Å²) in [5.74, 6) is -13.0. The van der Waals surface area contributed by atoms with Gasteiger partial charge in [0.25, 0.3) is 0 Å². The van der Waals surface area contributed by atoms with E-state index in [1.54, 1.807) is 30.3 Å². The number of imidazole rings is 1. The van der Waals surface area contributed by atoms with Gasteiger partial charge >= 0.3 is 11.9 Å². The van der Waals surface area contributed by atoms with Gasteiger partial charge in [0.2, 0.25) is 53.2 Å². The first-order valence-corrected chi connectivity index (χ1v) is 21.6. The van der Waals surface area contributed by atoms with Gasteiger partial charge in [0.1, 0.15) is 48.3 Å². The third-order valence-electron chi connectivity index (χ3n) is 10.1. The number of nitrogens with one attached hydrogen (secondary N) is 9. The number of hydrogen-bond acceptors (Lipinski definition) is 15. The molecule has 0 bridgehead atoms. The summed E-state index contributed by atoms with van der Waals surface area (Å²) in [4.78, 5) is 149. The first kappa shape index (κ1) is 57.6. The molecule has 2 rings (SSSR count). The van der Waals surface area contributed by atoms with Crippen LogP contribution in [0.5, 0.6) is 0 Å². The van der Waals surface area contributed by atoms with E-state index in [4.69, 9.17) is 11.5 Å². The molecule has 0 aliphatic heterocycles. The zero-order chi connectivity index (χ0) is 52.1. The minimum absolute atomic E-state index is 0.0517. The van der Waals surface area contributed by atoms with Crippen LogP contribution in [0.1, 0.15) is 65.1 Å². The standard InChI is InChI=1S/C42H62N12O15/c1-19(2)32(42(68)69)53-35(61)21(4)47-41(67)33(22(5)56)54-39(65)28(15-30(44)57)51-36(62)25(11-12-31(58)59)48-38(64)27(14-24-16-45-18-46-24)50-40(66)29(17-55)52-37(63)26(49-34(60)20(3)43)13-23-9-7-6-8-10-23/h6-10,16,18-22,25-29,32-33,55-56H,11-15,17,43H2,1-5H3,(H2,44,57)(H,45,46)(H,47,67)(H,48,64)(H,49,60)(H,50,66)(H,51,62)(H,52,63)(H,53,61)(H,54,65)(H,58,59)(H,68,69)/t20-,21-,22+,25-,26-,27-,28-,29-,32-,33-/m0/s1. The lowest BCUT2D eigenvalue weighted by molar-refractivity contribution is -0.143. The highest BCUT2D eigenvalue weighted by atomic mass is 16.4. The van der Waals surface area contributed by atoms with Gasteiger partial charge < -0.3 is 79.4 Å². The Morgan fingerprint density at radius 3 is 1.64 bits per heavy atom. The molecule has 0 saturated heterocycles. The molecule has 0 aliphatic carbocycles. The van der Waals surface area contributed by atoms with E-state index in [2.05, 4.69) is 52.5 Å². The summed E-state index contributed by atoms with van der Waals surface area (Å²) in [5, 5.41) is 57.8. The second kappa shape index (κ2) is 28.0. The SMILES string of the molecule is CC(C)[C@H](NC(=O)[C@H](C)NC(=O)[C@@H](NC(=O)[C@H](CC(N)=O)NC(=O)[C@H](CCC(=O)O)NC(=O)[C@H](Cc1cnc[nH]1)NC(=O)[C@H](CO)NC(=O)[C@H](Cc1ccccc1)NC(=O)[C@H](C)N)[C@@H](C)O)C(=O)O. The maximum Gasteiger partial charge on any atom is 0.326 e. The second-order valence-corrected chi connectivity index (χ2v) is 16.4. The van der Waals surface area contributed by atoms with E-state index in [9.17, 15) is 73.2 Å². The molecule has 1 aromatic heterocycles. The molecule has 9 amide bonds. The smallest absolute Gasteiger partial charge is 0.326 e. The second-order valence-electron chi connectivity index (χ2n) is 16.4. The van der Waals surface area contributed by atoms with Crippen molar-refractivity contribution in [3.63, 3.8) is 0 Å². The van der Waals surface area contributed by atoms with E-state index in [-0.39, 0.29) is 18.5 Å². The van der Waals surface area contributed by atoms with Gasteiger partial charge in [-0.15, -0.1) is 0 Å². The molecule has 1 heterocycles. The summed E-state index contributed by atoms with van der Waals surface area (Å²) in [6, 6.07) is -5.55. The first-order chi connectivity index (χ1) is 32.3. The van der Waals surface area contributed by atoms with Crippen LogP contribution < -0.4 is 54.0 Å². The van der Waals surface area contributed by atoms with Gasteiger partial charge in [0.15, 0.2) is 0 Å². The van der Waals surface area contributed by atoms with Gasteiger partial charge in [-0.25, -0.2) is 9.78 Å². The number of benzene rings is 1. The highest BCUT2D eigenvalue weighted by molar-refractivity contribution is 5.99. The van der Waals surface area contributed by atoms with Crippen molar-refractivity contribution >= 4 is 65.1 Å². The van der Waals surface area contributed by atoms with Crippen LogP contribution >= 0.6 is 0 Å². The van der Waals surface area contributed by atoms with Gasteiger partial charge in [-0.3, -0.25) is 47.9 Å². The van der Waals surface area contributed by atoms with Crippen molar-refractivity contribution in [3.8, 4) is 0 Å². The highest BCUT2D eigenvalue weighted by Crippen LogP contribution is 2.09. The number of rotatable bonds is 29. The fraction of sp³-hybridized carbons (Fsp3) is 0.524. The van der Waals surface area contributed by atoms with E-state index in [0.717, 1.165) is 6.92 Å². The maximum absolute atomic E-state index is 14.0. The van der Waals surface area contributed by atoms with Crippen molar-refractivity contribution in [2.45, 2.75) is 127 Å². The molecular weight excluding hydrogens is 913 g/mol. The molecule has 0 aliphatic rings. The van der Waals surface area contributed by atoms with Crippen LogP contribution in [-0.2, 0) is 65.6 Å². The number of carboxylic acid groups (broad SMARTS) is 2. The molecule has 27 nitrogen and oxygen atoms in total. The molecular formula is C42H62N12O15. The predicted molar refractivity (Wildman–Crippen MR) is 239 cm³/mol. The van der Waals surface area contributed by atoms with Gasteiger partial charge in [-0.2, -0.15) is 0 Å². The number of aliphatic hydroxyl groups is 2. The minimum atomic E-state index is -1.94. The van der Waals surface area contributed by atoms with Crippen LogP contribution in [0.3, 0.4) is 0 Å². The quantitative estimate of drug-likeness (QED) is 0.0361. The number of aromatic nitrogens is 2. The molecule has 0 unspecified atom stereocenters. The summed E-state index contributed by atoms with van der Waals surface area (Å²) in [6.07, 6.45) is -1.92. The lowest BCUT2D eigenvalue weighted by atomic mass is 10.0. The summed E-state index contributed by atoms with van der Waals surface area (Å²) in [5.41, 5.74) is 11.9. The number of carboxylic acids is 2.